The number of aromatic nitrogens is 4. The van der Waals surface area contributed by atoms with Gasteiger partial charge < -0.3 is 21.8 Å². The number of rotatable bonds is 6. The molecule has 0 amide bonds. The molecule has 7 nitrogen and oxygen atoms in total. The summed E-state index contributed by atoms with van der Waals surface area (Å²) in [4.78, 5) is 8.86. The van der Waals surface area contributed by atoms with Gasteiger partial charge in [0.15, 0.2) is 10.9 Å². The van der Waals surface area contributed by atoms with Crippen LogP contribution in [0.5, 0.6) is 0 Å². The second-order valence-electron chi connectivity index (χ2n) is 7.10. The van der Waals surface area contributed by atoms with E-state index in [1.807, 2.05) is 36.7 Å². The smallest absolute Gasteiger partial charge is 0.183 e. The second kappa shape index (κ2) is 7.23. The molecule has 0 spiro atoms. The molecule has 146 valence electrons. The molecule has 0 aliphatic heterocycles. The third-order valence-corrected chi connectivity index (χ3v) is 6.06. The lowest BCUT2D eigenvalue weighted by atomic mass is 10.1. The quantitative estimate of drug-likeness (QED) is 0.296. The standard InChI is InChI=1S/C21H21N7S/c22-14(7-13-9-24-17-4-2-1-3-15(13)17)10-25-21-26-11-19(29-21)12-5-6-18-16(8-12)20(23)28-27-18/h1-6,8-9,11,14,24H,7,10,22H2,(H,25,26)(H3,23,27,28). The molecule has 0 saturated heterocycles. The molecule has 0 saturated carbocycles. The van der Waals surface area contributed by atoms with Crippen molar-refractivity contribution in [3.63, 3.8) is 0 Å². The average Bonchev–Trinajstić information content (AvgIpc) is 3.46. The van der Waals surface area contributed by atoms with Crippen LogP contribution in [-0.4, -0.2) is 32.8 Å². The molecule has 3 heterocycles. The van der Waals surface area contributed by atoms with Crippen LogP contribution in [0.15, 0.2) is 54.9 Å². The van der Waals surface area contributed by atoms with Gasteiger partial charge in [0.05, 0.1) is 10.4 Å². The molecule has 8 heteroatoms. The van der Waals surface area contributed by atoms with E-state index in [1.54, 1.807) is 11.3 Å². The van der Waals surface area contributed by atoms with Crippen LogP contribution in [0.25, 0.3) is 32.2 Å². The number of anilines is 2. The molecule has 2 aromatic carbocycles. The maximum Gasteiger partial charge on any atom is 0.183 e. The molecular weight excluding hydrogens is 382 g/mol. The van der Waals surface area contributed by atoms with Gasteiger partial charge in [0.2, 0.25) is 0 Å². The number of aromatic amines is 2. The molecular formula is C21H21N7S. The Labute approximate surface area is 171 Å². The Bertz CT molecular complexity index is 1280. The zero-order valence-corrected chi connectivity index (χ0v) is 16.5. The number of hydrogen-bond donors (Lipinski definition) is 5. The predicted molar refractivity (Wildman–Crippen MR) is 120 cm³/mol. The van der Waals surface area contributed by atoms with Gasteiger partial charge in [-0.3, -0.25) is 5.10 Å². The number of nitrogens with zero attached hydrogens (tertiary/aromatic N) is 2. The largest absolute Gasteiger partial charge is 0.382 e. The van der Waals surface area contributed by atoms with Crippen LogP contribution in [0.2, 0.25) is 0 Å². The van der Waals surface area contributed by atoms with E-state index in [2.05, 4.69) is 43.7 Å². The molecule has 1 atom stereocenters. The minimum absolute atomic E-state index is 0.0105. The van der Waals surface area contributed by atoms with E-state index in [0.29, 0.717) is 12.4 Å². The lowest BCUT2D eigenvalue weighted by Crippen LogP contribution is -2.31. The summed E-state index contributed by atoms with van der Waals surface area (Å²) in [5.41, 5.74) is 16.7. The van der Waals surface area contributed by atoms with Crippen molar-refractivity contribution in [1.29, 1.82) is 0 Å². The summed E-state index contributed by atoms with van der Waals surface area (Å²) < 4.78 is 0. The molecule has 0 aliphatic rings. The van der Waals surface area contributed by atoms with Crippen molar-refractivity contribution in [2.75, 3.05) is 17.6 Å². The van der Waals surface area contributed by atoms with Crippen molar-refractivity contribution in [2.24, 2.45) is 5.73 Å². The first-order chi connectivity index (χ1) is 14.2. The summed E-state index contributed by atoms with van der Waals surface area (Å²) in [5, 5.41) is 13.3. The van der Waals surface area contributed by atoms with Gasteiger partial charge in [0, 0.05) is 41.3 Å². The number of benzene rings is 2. The number of para-hydroxylation sites is 1. The summed E-state index contributed by atoms with van der Waals surface area (Å²) in [6, 6.07) is 14.3. The van der Waals surface area contributed by atoms with E-state index >= 15 is 0 Å². The lowest BCUT2D eigenvalue weighted by Gasteiger charge is -2.11. The van der Waals surface area contributed by atoms with Crippen molar-refractivity contribution in [1.82, 2.24) is 20.2 Å². The molecule has 5 aromatic rings. The number of hydrogen-bond acceptors (Lipinski definition) is 6. The summed E-state index contributed by atoms with van der Waals surface area (Å²) in [7, 11) is 0. The predicted octanol–water partition coefficient (Wildman–Crippen LogP) is 3.73. The summed E-state index contributed by atoms with van der Waals surface area (Å²) in [6.07, 6.45) is 4.71. The molecule has 7 N–H and O–H groups in total. The first-order valence-electron chi connectivity index (χ1n) is 9.41. The minimum Gasteiger partial charge on any atom is -0.382 e. The normalized spacial score (nSPS) is 12.6. The van der Waals surface area contributed by atoms with Crippen LogP contribution >= 0.6 is 11.3 Å². The molecule has 0 bridgehead atoms. The van der Waals surface area contributed by atoms with Gasteiger partial charge in [0.25, 0.3) is 0 Å². The highest BCUT2D eigenvalue weighted by Crippen LogP contribution is 2.32. The van der Waals surface area contributed by atoms with Gasteiger partial charge in [-0.15, -0.1) is 0 Å². The Hall–Kier alpha value is -3.36. The number of nitrogens with two attached hydrogens (primary N) is 2. The maximum atomic E-state index is 6.36. The topological polar surface area (TPSA) is 121 Å². The Morgan fingerprint density at radius 2 is 2.00 bits per heavy atom. The Balaban J connectivity index is 1.25. The lowest BCUT2D eigenvalue weighted by molar-refractivity contribution is 0.702. The number of nitrogens with one attached hydrogen (secondary N) is 3. The van der Waals surface area contributed by atoms with E-state index in [9.17, 15) is 0 Å². The van der Waals surface area contributed by atoms with Crippen molar-refractivity contribution < 1.29 is 0 Å². The molecule has 0 fully saturated rings. The van der Waals surface area contributed by atoms with Crippen molar-refractivity contribution in [2.45, 2.75) is 12.5 Å². The zero-order chi connectivity index (χ0) is 19.8. The zero-order valence-electron chi connectivity index (χ0n) is 15.6. The molecule has 5 rings (SSSR count). The monoisotopic (exact) mass is 403 g/mol. The van der Waals surface area contributed by atoms with Crippen LogP contribution < -0.4 is 16.8 Å². The third kappa shape index (κ3) is 3.43. The fourth-order valence-corrected chi connectivity index (χ4v) is 4.37. The molecule has 29 heavy (non-hydrogen) atoms. The summed E-state index contributed by atoms with van der Waals surface area (Å²) >= 11 is 1.60. The highest BCUT2D eigenvalue weighted by Gasteiger charge is 2.11. The minimum atomic E-state index is -0.0105. The van der Waals surface area contributed by atoms with E-state index < -0.39 is 0 Å². The summed E-state index contributed by atoms with van der Waals surface area (Å²) in [6.45, 7) is 0.653. The van der Waals surface area contributed by atoms with E-state index in [0.717, 1.165) is 38.4 Å². The van der Waals surface area contributed by atoms with Crippen LogP contribution in [0.1, 0.15) is 5.56 Å². The van der Waals surface area contributed by atoms with Gasteiger partial charge in [-0.1, -0.05) is 35.6 Å². The maximum absolute atomic E-state index is 6.36. The van der Waals surface area contributed by atoms with E-state index in [-0.39, 0.29) is 6.04 Å². The second-order valence-corrected chi connectivity index (χ2v) is 8.13. The van der Waals surface area contributed by atoms with Gasteiger partial charge in [0.1, 0.15) is 0 Å². The highest BCUT2D eigenvalue weighted by molar-refractivity contribution is 7.18. The first kappa shape index (κ1) is 17.7. The Morgan fingerprint density at radius 1 is 1.10 bits per heavy atom. The van der Waals surface area contributed by atoms with Crippen molar-refractivity contribution >= 4 is 44.1 Å². The third-order valence-electron chi connectivity index (χ3n) is 5.06. The van der Waals surface area contributed by atoms with Gasteiger partial charge in [-0.05, 0) is 35.7 Å². The van der Waals surface area contributed by atoms with Crippen LogP contribution in [-0.2, 0) is 6.42 Å². The van der Waals surface area contributed by atoms with E-state index in [1.165, 1.54) is 10.9 Å². The highest BCUT2D eigenvalue weighted by atomic mass is 32.1. The number of H-pyrrole nitrogens is 2. The number of nitrogen functional groups attached to an aromatic ring is 1. The summed E-state index contributed by atoms with van der Waals surface area (Å²) in [5.74, 6) is 0.507. The van der Waals surface area contributed by atoms with Gasteiger partial charge in [-0.2, -0.15) is 5.10 Å². The van der Waals surface area contributed by atoms with E-state index in [4.69, 9.17) is 11.5 Å². The average molecular weight is 404 g/mol. The Kier molecular flexibility index (Phi) is 4.42. The van der Waals surface area contributed by atoms with Gasteiger partial charge in [-0.25, -0.2) is 4.98 Å². The fraction of sp³-hybridized carbons (Fsp3) is 0.143. The fourth-order valence-electron chi connectivity index (χ4n) is 3.55. The van der Waals surface area contributed by atoms with Crippen molar-refractivity contribution in [3.05, 3.63) is 60.4 Å². The van der Waals surface area contributed by atoms with Crippen LogP contribution in [0, 0.1) is 0 Å². The molecule has 0 radical (unpaired) electrons. The van der Waals surface area contributed by atoms with Crippen LogP contribution in [0.3, 0.4) is 0 Å². The molecule has 0 aliphatic carbocycles. The van der Waals surface area contributed by atoms with Crippen LogP contribution in [0.4, 0.5) is 10.9 Å². The SMILES string of the molecule is Nc1n[nH]c2ccc(-c3cnc(NCC(N)Cc4c[nH]c5ccccc45)s3)cc12. The first-order valence-corrected chi connectivity index (χ1v) is 10.2. The molecule has 1 unspecified atom stereocenters. The number of thiazole rings is 1. The Morgan fingerprint density at radius 3 is 2.93 bits per heavy atom. The van der Waals surface area contributed by atoms with Gasteiger partial charge >= 0.3 is 0 Å². The van der Waals surface area contributed by atoms with Crippen molar-refractivity contribution in [3.8, 4) is 10.4 Å². The molecule has 3 aromatic heterocycles. The number of fused-ring (bicyclic) bond motifs is 2.